The van der Waals surface area contributed by atoms with Crippen molar-refractivity contribution in [2.24, 2.45) is 0 Å². The molecular weight excluding hydrogens is 160 g/mol. The van der Waals surface area contributed by atoms with Gasteiger partial charge in [-0.2, -0.15) is 10.5 Å². The first-order valence-electron chi connectivity index (χ1n) is 3.27. The van der Waals surface area contributed by atoms with Crippen LogP contribution in [-0.4, -0.2) is 28.0 Å². The average molecular weight is 166 g/mol. The maximum Gasteiger partial charge on any atom is 0.361 e. The Kier molecular flexibility index (Phi) is 2.38. The number of aromatic nitrogens is 3. The van der Waals surface area contributed by atoms with E-state index in [0.29, 0.717) is 0 Å². The van der Waals surface area contributed by atoms with Gasteiger partial charge in [0.05, 0.1) is 6.61 Å². The average Bonchev–Trinajstić information content (AvgIpc) is 2.51. The van der Waals surface area contributed by atoms with Crippen molar-refractivity contribution in [3.05, 3.63) is 11.4 Å². The molecule has 0 aliphatic heterocycles. The normalized spacial score (nSPS) is 9.00. The van der Waals surface area contributed by atoms with Crippen LogP contribution < -0.4 is 0 Å². The van der Waals surface area contributed by atoms with Gasteiger partial charge in [-0.05, 0) is 6.92 Å². The van der Waals surface area contributed by atoms with E-state index >= 15 is 0 Å². The molecule has 1 heterocycles. The zero-order chi connectivity index (χ0) is 8.97. The van der Waals surface area contributed by atoms with Crippen LogP contribution in [0.4, 0.5) is 0 Å². The SMILES string of the molecule is CCOC(=O)c1n[nH]nc1C#N. The Morgan fingerprint density at radius 2 is 2.50 bits per heavy atom. The Labute approximate surface area is 68.1 Å². The van der Waals surface area contributed by atoms with Crippen LogP contribution in [0.15, 0.2) is 0 Å². The van der Waals surface area contributed by atoms with Crippen LogP contribution in [0.1, 0.15) is 23.1 Å². The van der Waals surface area contributed by atoms with Gasteiger partial charge >= 0.3 is 5.97 Å². The van der Waals surface area contributed by atoms with Crippen LogP contribution in [0.25, 0.3) is 0 Å². The molecule has 12 heavy (non-hydrogen) atoms. The van der Waals surface area contributed by atoms with Crippen molar-refractivity contribution < 1.29 is 9.53 Å². The fraction of sp³-hybridized carbons (Fsp3) is 0.333. The summed E-state index contributed by atoms with van der Waals surface area (Å²) in [6.45, 7) is 1.92. The lowest BCUT2D eigenvalue weighted by Crippen LogP contribution is -2.06. The summed E-state index contributed by atoms with van der Waals surface area (Å²) in [5, 5.41) is 17.5. The molecule has 1 rings (SSSR count). The number of nitrogens with one attached hydrogen (secondary N) is 1. The van der Waals surface area contributed by atoms with Gasteiger partial charge in [-0.1, -0.05) is 0 Å². The summed E-state index contributed by atoms with van der Waals surface area (Å²) in [6.07, 6.45) is 0. The number of carbonyl (C=O) groups excluding carboxylic acids is 1. The molecule has 0 spiro atoms. The van der Waals surface area contributed by atoms with E-state index in [4.69, 9.17) is 5.26 Å². The molecular formula is C6H6N4O2. The first-order chi connectivity index (χ1) is 5.79. The van der Waals surface area contributed by atoms with E-state index in [0.717, 1.165) is 0 Å². The Morgan fingerprint density at radius 3 is 3.08 bits per heavy atom. The van der Waals surface area contributed by atoms with Gasteiger partial charge in [0, 0.05) is 0 Å². The molecule has 6 nitrogen and oxygen atoms in total. The highest BCUT2D eigenvalue weighted by molar-refractivity contribution is 5.89. The van der Waals surface area contributed by atoms with Crippen LogP contribution in [0, 0.1) is 11.3 Å². The summed E-state index contributed by atoms with van der Waals surface area (Å²) < 4.78 is 4.62. The molecule has 1 aromatic rings. The third-order valence-electron chi connectivity index (χ3n) is 1.12. The van der Waals surface area contributed by atoms with Crippen LogP contribution in [0.5, 0.6) is 0 Å². The number of nitrogens with zero attached hydrogens (tertiary/aromatic N) is 3. The van der Waals surface area contributed by atoms with Crippen molar-refractivity contribution in [2.45, 2.75) is 6.92 Å². The van der Waals surface area contributed by atoms with Crippen LogP contribution >= 0.6 is 0 Å². The molecule has 1 aromatic heterocycles. The van der Waals surface area contributed by atoms with Crippen molar-refractivity contribution in [1.82, 2.24) is 15.4 Å². The number of hydrogen-bond donors (Lipinski definition) is 1. The molecule has 0 saturated heterocycles. The maximum absolute atomic E-state index is 11.0. The lowest BCUT2D eigenvalue weighted by Gasteiger charge is -1.95. The van der Waals surface area contributed by atoms with Crippen LogP contribution in [-0.2, 0) is 4.74 Å². The standard InChI is InChI=1S/C6H6N4O2/c1-2-12-6(11)5-4(3-7)8-10-9-5/h2H2,1H3,(H,8,9,10). The molecule has 6 heteroatoms. The quantitative estimate of drug-likeness (QED) is 0.617. The largest absolute Gasteiger partial charge is 0.461 e. The highest BCUT2D eigenvalue weighted by atomic mass is 16.5. The molecule has 0 atom stereocenters. The minimum atomic E-state index is -0.636. The van der Waals surface area contributed by atoms with Crippen molar-refractivity contribution in [1.29, 1.82) is 5.26 Å². The lowest BCUT2D eigenvalue weighted by molar-refractivity contribution is 0.0519. The second kappa shape index (κ2) is 3.48. The highest BCUT2D eigenvalue weighted by Crippen LogP contribution is 2.00. The van der Waals surface area contributed by atoms with Crippen LogP contribution in [0.3, 0.4) is 0 Å². The van der Waals surface area contributed by atoms with Crippen molar-refractivity contribution >= 4 is 5.97 Å². The first-order valence-corrected chi connectivity index (χ1v) is 3.27. The van der Waals surface area contributed by atoms with Crippen molar-refractivity contribution in [3.8, 4) is 6.07 Å². The summed E-state index contributed by atoms with van der Waals surface area (Å²) >= 11 is 0. The maximum atomic E-state index is 11.0. The summed E-state index contributed by atoms with van der Waals surface area (Å²) in [5.41, 5.74) is -0.118. The van der Waals surface area contributed by atoms with E-state index in [9.17, 15) is 4.79 Å². The number of nitriles is 1. The molecule has 0 saturated carbocycles. The molecule has 1 N–H and O–H groups in total. The monoisotopic (exact) mass is 166 g/mol. The molecule has 0 fully saturated rings. The van der Waals surface area contributed by atoms with Gasteiger partial charge in [0.15, 0.2) is 5.69 Å². The Bertz CT molecular complexity index is 325. The van der Waals surface area contributed by atoms with E-state index in [2.05, 4.69) is 20.1 Å². The van der Waals surface area contributed by atoms with Gasteiger partial charge in [-0.3, -0.25) is 0 Å². The molecule has 0 aliphatic carbocycles. The molecule has 0 amide bonds. The summed E-state index contributed by atoms with van der Waals surface area (Å²) in [5.74, 6) is -0.636. The van der Waals surface area contributed by atoms with E-state index in [-0.39, 0.29) is 18.0 Å². The van der Waals surface area contributed by atoms with E-state index in [1.807, 2.05) is 0 Å². The van der Waals surface area contributed by atoms with Crippen molar-refractivity contribution in [3.63, 3.8) is 0 Å². The number of H-pyrrole nitrogens is 1. The number of hydrogen-bond acceptors (Lipinski definition) is 5. The molecule has 0 unspecified atom stereocenters. The van der Waals surface area contributed by atoms with E-state index < -0.39 is 5.97 Å². The fourth-order valence-electron chi connectivity index (χ4n) is 0.651. The topological polar surface area (TPSA) is 91.7 Å². The Hall–Kier alpha value is -1.90. The predicted molar refractivity (Wildman–Crippen MR) is 37.1 cm³/mol. The minimum Gasteiger partial charge on any atom is -0.461 e. The number of ether oxygens (including phenoxy) is 1. The highest BCUT2D eigenvalue weighted by Gasteiger charge is 2.16. The van der Waals surface area contributed by atoms with E-state index in [1.54, 1.807) is 13.0 Å². The Balaban J connectivity index is 2.88. The summed E-state index contributed by atoms with van der Waals surface area (Å²) in [7, 11) is 0. The van der Waals surface area contributed by atoms with Gasteiger partial charge in [0.1, 0.15) is 6.07 Å². The smallest absolute Gasteiger partial charge is 0.361 e. The predicted octanol–water partition coefficient (Wildman–Crippen LogP) is -0.147. The number of esters is 1. The minimum absolute atomic E-state index is 0.0477. The number of aromatic amines is 1. The van der Waals surface area contributed by atoms with Crippen LogP contribution in [0.2, 0.25) is 0 Å². The second-order valence-electron chi connectivity index (χ2n) is 1.85. The third-order valence-corrected chi connectivity index (χ3v) is 1.12. The molecule has 0 bridgehead atoms. The number of carbonyl (C=O) groups is 1. The fourth-order valence-corrected chi connectivity index (χ4v) is 0.651. The zero-order valence-electron chi connectivity index (χ0n) is 6.37. The third kappa shape index (κ3) is 1.40. The number of rotatable bonds is 2. The second-order valence-corrected chi connectivity index (χ2v) is 1.85. The van der Waals surface area contributed by atoms with E-state index in [1.165, 1.54) is 0 Å². The molecule has 0 aromatic carbocycles. The van der Waals surface area contributed by atoms with Gasteiger partial charge in [-0.15, -0.1) is 10.2 Å². The first kappa shape index (κ1) is 8.20. The molecule has 62 valence electrons. The van der Waals surface area contributed by atoms with Gasteiger partial charge < -0.3 is 4.74 Å². The Morgan fingerprint density at radius 1 is 1.75 bits per heavy atom. The van der Waals surface area contributed by atoms with Gasteiger partial charge in [-0.25, -0.2) is 4.79 Å². The van der Waals surface area contributed by atoms with Gasteiger partial charge in [0.25, 0.3) is 0 Å². The molecule has 0 aliphatic rings. The zero-order valence-corrected chi connectivity index (χ0v) is 6.37. The molecule has 0 radical (unpaired) electrons. The lowest BCUT2D eigenvalue weighted by atomic mass is 10.3. The summed E-state index contributed by atoms with van der Waals surface area (Å²) in [4.78, 5) is 11.0. The van der Waals surface area contributed by atoms with Gasteiger partial charge in [0.2, 0.25) is 5.69 Å². The van der Waals surface area contributed by atoms with Crippen molar-refractivity contribution in [2.75, 3.05) is 6.61 Å². The summed E-state index contributed by atoms with van der Waals surface area (Å²) in [6, 6.07) is 1.71.